The SMILES string of the molecule is Cc1ccc(C(=O)c2ccc(-n3c(C)ccc3C)nc2)cc1. The Morgan fingerprint density at radius 2 is 1.41 bits per heavy atom. The van der Waals surface area contributed by atoms with Crippen molar-refractivity contribution >= 4 is 5.78 Å². The summed E-state index contributed by atoms with van der Waals surface area (Å²) in [7, 11) is 0. The number of carbonyl (C=O) groups excluding carboxylic acids is 1. The predicted molar refractivity (Wildman–Crippen MR) is 87.6 cm³/mol. The molecule has 0 aliphatic rings. The zero-order valence-corrected chi connectivity index (χ0v) is 13.0. The quantitative estimate of drug-likeness (QED) is 0.683. The Hall–Kier alpha value is -2.68. The van der Waals surface area contributed by atoms with Crippen LogP contribution in [0.1, 0.15) is 32.9 Å². The highest BCUT2D eigenvalue weighted by molar-refractivity contribution is 6.08. The smallest absolute Gasteiger partial charge is 0.194 e. The average Bonchev–Trinajstić information content (AvgIpc) is 2.86. The summed E-state index contributed by atoms with van der Waals surface area (Å²) < 4.78 is 2.07. The average molecular weight is 290 g/mol. The van der Waals surface area contributed by atoms with E-state index in [-0.39, 0.29) is 5.78 Å². The first-order valence-corrected chi connectivity index (χ1v) is 7.29. The van der Waals surface area contributed by atoms with Crippen molar-refractivity contribution in [3.8, 4) is 5.82 Å². The Labute approximate surface area is 130 Å². The molecular formula is C19H18N2O. The second kappa shape index (κ2) is 5.60. The number of hydrogen-bond donors (Lipinski definition) is 0. The molecule has 3 rings (SSSR count). The fourth-order valence-corrected chi connectivity index (χ4v) is 2.55. The lowest BCUT2D eigenvalue weighted by Crippen LogP contribution is -2.05. The van der Waals surface area contributed by atoms with Gasteiger partial charge in [0.2, 0.25) is 0 Å². The zero-order valence-electron chi connectivity index (χ0n) is 13.0. The van der Waals surface area contributed by atoms with Crippen LogP contribution in [0, 0.1) is 20.8 Å². The summed E-state index contributed by atoms with van der Waals surface area (Å²) in [6.45, 7) is 6.09. The van der Waals surface area contributed by atoms with Crippen LogP contribution in [-0.2, 0) is 0 Å². The molecule has 0 N–H and O–H groups in total. The molecule has 2 heterocycles. The largest absolute Gasteiger partial charge is 0.303 e. The van der Waals surface area contributed by atoms with E-state index in [0.717, 1.165) is 22.8 Å². The van der Waals surface area contributed by atoms with E-state index in [1.54, 1.807) is 6.20 Å². The normalized spacial score (nSPS) is 10.7. The summed E-state index contributed by atoms with van der Waals surface area (Å²) in [4.78, 5) is 16.9. The Bertz CT molecular complexity index is 792. The van der Waals surface area contributed by atoms with Crippen LogP contribution in [0.25, 0.3) is 5.82 Å². The van der Waals surface area contributed by atoms with Gasteiger partial charge in [0.25, 0.3) is 0 Å². The lowest BCUT2D eigenvalue weighted by molar-refractivity contribution is 0.103. The van der Waals surface area contributed by atoms with Gasteiger partial charge in [0, 0.05) is 28.7 Å². The van der Waals surface area contributed by atoms with Gasteiger partial charge in [-0.3, -0.25) is 4.79 Å². The zero-order chi connectivity index (χ0) is 15.7. The molecule has 0 aliphatic carbocycles. The van der Waals surface area contributed by atoms with Gasteiger partial charge in [-0.1, -0.05) is 29.8 Å². The Morgan fingerprint density at radius 1 is 0.818 bits per heavy atom. The van der Waals surface area contributed by atoms with Crippen LogP contribution in [-0.4, -0.2) is 15.3 Å². The molecule has 0 unspecified atom stereocenters. The van der Waals surface area contributed by atoms with Crippen LogP contribution in [0.3, 0.4) is 0 Å². The first-order chi connectivity index (χ1) is 10.6. The van der Waals surface area contributed by atoms with Crippen LogP contribution < -0.4 is 0 Å². The van der Waals surface area contributed by atoms with Crippen molar-refractivity contribution in [2.24, 2.45) is 0 Å². The molecule has 22 heavy (non-hydrogen) atoms. The van der Waals surface area contributed by atoms with Crippen LogP contribution in [0.2, 0.25) is 0 Å². The molecule has 3 aromatic rings. The van der Waals surface area contributed by atoms with Crippen molar-refractivity contribution in [1.29, 1.82) is 0 Å². The molecule has 0 saturated carbocycles. The topological polar surface area (TPSA) is 34.9 Å². The van der Waals surface area contributed by atoms with Gasteiger partial charge >= 0.3 is 0 Å². The summed E-state index contributed by atoms with van der Waals surface area (Å²) in [5.41, 5.74) is 4.69. The molecule has 110 valence electrons. The van der Waals surface area contributed by atoms with E-state index >= 15 is 0 Å². The number of pyridine rings is 1. The van der Waals surface area contributed by atoms with Crippen molar-refractivity contribution in [2.75, 3.05) is 0 Å². The number of aromatic nitrogens is 2. The molecular weight excluding hydrogens is 272 g/mol. The highest BCUT2D eigenvalue weighted by atomic mass is 16.1. The number of aryl methyl sites for hydroxylation is 3. The lowest BCUT2D eigenvalue weighted by atomic mass is 10.0. The van der Waals surface area contributed by atoms with E-state index in [1.165, 1.54) is 0 Å². The summed E-state index contributed by atoms with van der Waals surface area (Å²) in [5, 5.41) is 0. The number of ketones is 1. The molecule has 2 aromatic heterocycles. The minimum Gasteiger partial charge on any atom is -0.303 e. The lowest BCUT2D eigenvalue weighted by Gasteiger charge is -2.09. The number of benzene rings is 1. The van der Waals surface area contributed by atoms with E-state index in [1.807, 2.05) is 57.2 Å². The van der Waals surface area contributed by atoms with E-state index < -0.39 is 0 Å². The van der Waals surface area contributed by atoms with Gasteiger partial charge in [0.1, 0.15) is 5.82 Å². The number of rotatable bonds is 3. The molecule has 3 heteroatoms. The van der Waals surface area contributed by atoms with E-state index in [0.29, 0.717) is 11.1 Å². The maximum atomic E-state index is 12.4. The molecule has 0 aliphatic heterocycles. The third-order valence-corrected chi connectivity index (χ3v) is 3.82. The van der Waals surface area contributed by atoms with Gasteiger partial charge in [-0.25, -0.2) is 4.98 Å². The molecule has 0 spiro atoms. The molecule has 0 radical (unpaired) electrons. The number of nitrogens with zero attached hydrogens (tertiary/aromatic N) is 2. The summed E-state index contributed by atoms with van der Waals surface area (Å²) in [6, 6.07) is 15.4. The predicted octanol–water partition coefficient (Wildman–Crippen LogP) is 4.03. The van der Waals surface area contributed by atoms with Gasteiger partial charge in [-0.15, -0.1) is 0 Å². The molecule has 0 saturated heterocycles. The summed E-state index contributed by atoms with van der Waals surface area (Å²) in [6.07, 6.45) is 1.65. The second-order valence-corrected chi connectivity index (χ2v) is 5.55. The van der Waals surface area contributed by atoms with E-state index in [2.05, 4.69) is 21.7 Å². The van der Waals surface area contributed by atoms with Crippen molar-refractivity contribution in [2.45, 2.75) is 20.8 Å². The van der Waals surface area contributed by atoms with Gasteiger partial charge in [0.15, 0.2) is 5.78 Å². The molecule has 1 aromatic carbocycles. The maximum absolute atomic E-state index is 12.4. The Balaban J connectivity index is 1.91. The van der Waals surface area contributed by atoms with Crippen molar-refractivity contribution < 1.29 is 4.79 Å². The number of hydrogen-bond acceptors (Lipinski definition) is 2. The molecule has 0 atom stereocenters. The Morgan fingerprint density at radius 3 is 1.95 bits per heavy atom. The van der Waals surface area contributed by atoms with Gasteiger partial charge in [0.05, 0.1) is 0 Å². The van der Waals surface area contributed by atoms with Crippen LogP contribution in [0.4, 0.5) is 0 Å². The number of carbonyl (C=O) groups is 1. The van der Waals surface area contributed by atoms with Crippen molar-refractivity contribution in [3.63, 3.8) is 0 Å². The Kier molecular flexibility index (Phi) is 3.63. The second-order valence-electron chi connectivity index (χ2n) is 5.55. The molecule has 3 nitrogen and oxygen atoms in total. The van der Waals surface area contributed by atoms with Gasteiger partial charge in [-0.2, -0.15) is 0 Å². The van der Waals surface area contributed by atoms with Crippen LogP contribution in [0.15, 0.2) is 54.7 Å². The summed E-state index contributed by atoms with van der Waals surface area (Å²) >= 11 is 0. The fourth-order valence-electron chi connectivity index (χ4n) is 2.55. The van der Waals surface area contributed by atoms with E-state index in [4.69, 9.17) is 0 Å². The fraction of sp³-hybridized carbons (Fsp3) is 0.158. The third kappa shape index (κ3) is 2.58. The van der Waals surface area contributed by atoms with Crippen LogP contribution in [0.5, 0.6) is 0 Å². The molecule has 0 fully saturated rings. The standard InChI is InChI=1S/C19H18N2O/c1-13-4-8-16(9-5-13)19(22)17-10-11-18(20-12-17)21-14(2)6-7-15(21)3/h4-12H,1-3H3. The van der Waals surface area contributed by atoms with Crippen molar-refractivity contribution in [3.05, 3.63) is 82.8 Å². The third-order valence-electron chi connectivity index (χ3n) is 3.82. The van der Waals surface area contributed by atoms with Gasteiger partial charge < -0.3 is 4.57 Å². The summed E-state index contributed by atoms with van der Waals surface area (Å²) in [5.74, 6) is 0.834. The minimum atomic E-state index is 0.000000000000000888. The highest BCUT2D eigenvalue weighted by Gasteiger charge is 2.11. The first kappa shape index (κ1) is 14.3. The molecule has 0 amide bonds. The highest BCUT2D eigenvalue weighted by Crippen LogP contribution is 2.16. The van der Waals surface area contributed by atoms with Gasteiger partial charge in [-0.05, 0) is 45.0 Å². The monoisotopic (exact) mass is 290 g/mol. The van der Waals surface area contributed by atoms with Crippen LogP contribution >= 0.6 is 0 Å². The van der Waals surface area contributed by atoms with Crippen molar-refractivity contribution in [1.82, 2.24) is 9.55 Å². The molecule has 0 bridgehead atoms. The van der Waals surface area contributed by atoms with E-state index in [9.17, 15) is 4.79 Å². The minimum absolute atomic E-state index is 0.000000000000000888. The maximum Gasteiger partial charge on any atom is 0.194 e. The first-order valence-electron chi connectivity index (χ1n) is 7.29.